The smallest absolute Gasteiger partial charge is 0.326 e. The number of amides is 1. The zero-order valence-corrected chi connectivity index (χ0v) is 29.2. The highest BCUT2D eigenvalue weighted by Crippen LogP contribution is 2.15. The molecule has 2 unspecified atom stereocenters. The number of nitrogens with one attached hydrogen (secondary N) is 1. The molecule has 0 aliphatic rings. The standard InChI is InChI=1S/C38H70N2O5/c1-3-5-7-9-10-11-12-13-14-15-16-17-18-20-26-32-37(42)45-34(28-23-19-8-6-4-2)29-24-21-22-25-31-36(41)40-35(38(43)44)30-27-33-39/h13-14,23,28,34-35H,3-12,15-22,24-27,29-33,39H2,1-2H3,(H,40,41)(H,43,44)/b14-13-,28-23-. The molecule has 262 valence electrons. The summed E-state index contributed by atoms with van der Waals surface area (Å²) in [5, 5.41) is 11.9. The molecular weight excluding hydrogens is 564 g/mol. The van der Waals surface area contributed by atoms with Crippen LogP contribution in [-0.2, 0) is 19.1 Å². The lowest BCUT2D eigenvalue weighted by Gasteiger charge is -2.15. The molecule has 0 spiro atoms. The molecule has 7 nitrogen and oxygen atoms in total. The molecule has 0 saturated carbocycles. The quantitative estimate of drug-likeness (QED) is 0.0376. The number of esters is 1. The monoisotopic (exact) mass is 635 g/mol. The van der Waals surface area contributed by atoms with Crippen molar-refractivity contribution in [2.45, 2.75) is 193 Å². The van der Waals surface area contributed by atoms with Gasteiger partial charge in [-0.2, -0.15) is 0 Å². The minimum atomic E-state index is -1.02. The second-order valence-corrected chi connectivity index (χ2v) is 12.6. The van der Waals surface area contributed by atoms with Crippen LogP contribution in [-0.4, -0.2) is 41.6 Å². The number of carbonyl (C=O) groups is 3. The fraction of sp³-hybridized carbons (Fsp3) is 0.816. The number of allylic oxidation sites excluding steroid dienone is 3. The molecule has 0 aliphatic heterocycles. The molecule has 0 saturated heterocycles. The molecule has 0 fully saturated rings. The summed E-state index contributed by atoms with van der Waals surface area (Å²) in [7, 11) is 0. The van der Waals surface area contributed by atoms with Crippen LogP contribution in [0.1, 0.15) is 181 Å². The normalized spacial score (nSPS) is 13.0. The van der Waals surface area contributed by atoms with Crippen molar-refractivity contribution in [2.75, 3.05) is 6.54 Å². The number of ether oxygens (including phenoxy) is 1. The van der Waals surface area contributed by atoms with Gasteiger partial charge in [-0.05, 0) is 89.7 Å². The van der Waals surface area contributed by atoms with Gasteiger partial charge in [0.1, 0.15) is 12.1 Å². The molecular formula is C38H70N2O5. The summed E-state index contributed by atoms with van der Waals surface area (Å²) in [4.78, 5) is 36.0. The Hall–Kier alpha value is -2.15. The first-order valence-corrected chi connectivity index (χ1v) is 18.7. The summed E-state index contributed by atoms with van der Waals surface area (Å²) in [5.74, 6) is -1.34. The minimum absolute atomic E-state index is 0.102. The number of carboxylic acids is 1. The molecule has 7 heteroatoms. The molecule has 0 radical (unpaired) electrons. The van der Waals surface area contributed by atoms with Gasteiger partial charge in [0.15, 0.2) is 0 Å². The molecule has 4 N–H and O–H groups in total. The van der Waals surface area contributed by atoms with E-state index in [4.69, 9.17) is 10.5 Å². The van der Waals surface area contributed by atoms with E-state index >= 15 is 0 Å². The van der Waals surface area contributed by atoms with Crippen molar-refractivity contribution in [3.05, 3.63) is 24.3 Å². The van der Waals surface area contributed by atoms with E-state index in [9.17, 15) is 19.5 Å². The van der Waals surface area contributed by atoms with E-state index in [1.807, 2.05) is 0 Å². The highest BCUT2D eigenvalue weighted by atomic mass is 16.5. The van der Waals surface area contributed by atoms with Crippen molar-refractivity contribution < 1.29 is 24.2 Å². The first-order valence-electron chi connectivity index (χ1n) is 18.7. The molecule has 45 heavy (non-hydrogen) atoms. The maximum absolute atomic E-state index is 12.6. The van der Waals surface area contributed by atoms with Crippen molar-refractivity contribution in [3.63, 3.8) is 0 Å². The lowest BCUT2D eigenvalue weighted by atomic mass is 10.1. The Kier molecular flexibility index (Phi) is 31.6. The summed E-state index contributed by atoms with van der Waals surface area (Å²) in [6, 6.07) is -0.868. The number of carbonyl (C=O) groups excluding carboxylic acids is 2. The van der Waals surface area contributed by atoms with Gasteiger partial charge >= 0.3 is 11.9 Å². The van der Waals surface area contributed by atoms with Gasteiger partial charge in [-0.3, -0.25) is 9.59 Å². The van der Waals surface area contributed by atoms with Gasteiger partial charge in [0.05, 0.1) is 0 Å². The lowest BCUT2D eigenvalue weighted by molar-refractivity contribution is -0.147. The fourth-order valence-electron chi connectivity index (χ4n) is 5.35. The maximum atomic E-state index is 12.6. The molecule has 2 atom stereocenters. The Morgan fingerprint density at radius 2 is 1.16 bits per heavy atom. The first-order chi connectivity index (χ1) is 21.9. The second kappa shape index (κ2) is 33.2. The van der Waals surface area contributed by atoms with E-state index in [0.717, 1.165) is 57.8 Å². The summed E-state index contributed by atoms with van der Waals surface area (Å²) < 4.78 is 5.86. The van der Waals surface area contributed by atoms with Crippen LogP contribution in [0, 0.1) is 0 Å². The topological polar surface area (TPSA) is 119 Å². The predicted octanol–water partition coefficient (Wildman–Crippen LogP) is 9.72. The van der Waals surface area contributed by atoms with Crippen LogP contribution in [0.25, 0.3) is 0 Å². The van der Waals surface area contributed by atoms with Crippen LogP contribution in [0.5, 0.6) is 0 Å². The predicted molar refractivity (Wildman–Crippen MR) is 188 cm³/mol. The largest absolute Gasteiger partial charge is 0.480 e. The summed E-state index contributed by atoms with van der Waals surface area (Å²) in [6.45, 7) is 4.86. The Bertz CT molecular complexity index is 767. The summed E-state index contributed by atoms with van der Waals surface area (Å²) >= 11 is 0. The minimum Gasteiger partial charge on any atom is -0.480 e. The fourth-order valence-corrected chi connectivity index (χ4v) is 5.35. The van der Waals surface area contributed by atoms with Gasteiger partial charge in [-0.1, -0.05) is 109 Å². The van der Waals surface area contributed by atoms with Gasteiger partial charge < -0.3 is 20.9 Å². The Morgan fingerprint density at radius 3 is 1.78 bits per heavy atom. The maximum Gasteiger partial charge on any atom is 0.326 e. The molecule has 0 heterocycles. The highest BCUT2D eigenvalue weighted by Gasteiger charge is 2.19. The third kappa shape index (κ3) is 30.3. The van der Waals surface area contributed by atoms with Crippen LogP contribution >= 0.6 is 0 Å². The Morgan fingerprint density at radius 1 is 0.644 bits per heavy atom. The average molecular weight is 635 g/mol. The molecule has 0 aromatic carbocycles. The highest BCUT2D eigenvalue weighted by molar-refractivity contribution is 5.83. The molecule has 0 bridgehead atoms. The van der Waals surface area contributed by atoms with E-state index in [2.05, 4.69) is 43.5 Å². The first kappa shape index (κ1) is 42.9. The number of aliphatic carboxylic acids is 1. The van der Waals surface area contributed by atoms with Crippen molar-refractivity contribution >= 4 is 17.8 Å². The van der Waals surface area contributed by atoms with Crippen LogP contribution in [0.2, 0.25) is 0 Å². The number of hydrogen-bond donors (Lipinski definition) is 3. The van der Waals surface area contributed by atoms with Crippen molar-refractivity contribution in [1.82, 2.24) is 5.32 Å². The average Bonchev–Trinajstić information content (AvgIpc) is 3.02. The third-order valence-corrected chi connectivity index (χ3v) is 8.22. The van der Waals surface area contributed by atoms with E-state index < -0.39 is 12.0 Å². The zero-order valence-electron chi connectivity index (χ0n) is 29.2. The Balaban J connectivity index is 4.16. The molecule has 0 rings (SSSR count). The van der Waals surface area contributed by atoms with Gasteiger partial charge in [0.25, 0.3) is 0 Å². The van der Waals surface area contributed by atoms with E-state index in [0.29, 0.717) is 38.6 Å². The molecule has 0 aliphatic carbocycles. The molecule has 0 aromatic heterocycles. The van der Waals surface area contributed by atoms with Crippen molar-refractivity contribution in [3.8, 4) is 0 Å². The van der Waals surface area contributed by atoms with Crippen LogP contribution in [0.3, 0.4) is 0 Å². The molecule has 1 amide bonds. The number of hydrogen-bond acceptors (Lipinski definition) is 5. The van der Waals surface area contributed by atoms with Gasteiger partial charge in [0, 0.05) is 12.8 Å². The van der Waals surface area contributed by atoms with Crippen LogP contribution < -0.4 is 11.1 Å². The summed E-state index contributed by atoms with van der Waals surface area (Å²) in [5.41, 5.74) is 5.46. The number of rotatable bonds is 33. The zero-order chi connectivity index (χ0) is 33.2. The van der Waals surface area contributed by atoms with E-state index in [-0.39, 0.29) is 18.0 Å². The second-order valence-electron chi connectivity index (χ2n) is 12.6. The number of nitrogens with two attached hydrogens (primary N) is 1. The lowest BCUT2D eigenvalue weighted by Crippen LogP contribution is -2.40. The van der Waals surface area contributed by atoms with Gasteiger partial charge in [-0.15, -0.1) is 0 Å². The van der Waals surface area contributed by atoms with E-state index in [1.54, 1.807) is 0 Å². The number of unbranched alkanes of at least 4 members (excludes halogenated alkanes) is 17. The third-order valence-electron chi connectivity index (χ3n) is 8.22. The SMILES string of the molecule is CCCCC/C=C\C(CCCCCCC(=O)NC(CCCN)C(=O)O)OC(=O)CCCCCCC/C=C\CCCCCCCC. The van der Waals surface area contributed by atoms with Crippen molar-refractivity contribution in [1.29, 1.82) is 0 Å². The summed E-state index contributed by atoms with van der Waals surface area (Å²) in [6.07, 6.45) is 35.3. The van der Waals surface area contributed by atoms with Crippen molar-refractivity contribution in [2.24, 2.45) is 5.73 Å². The van der Waals surface area contributed by atoms with E-state index in [1.165, 1.54) is 77.0 Å². The molecule has 0 aromatic rings. The van der Waals surface area contributed by atoms with Gasteiger partial charge in [-0.25, -0.2) is 4.79 Å². The Labute approximate surface area is 276 Å². The van der Waals surface area contributed by atoms with Crippen LogP contribution in [0.4, 0.5) is 0 Å². The number of carboxylic acid groups (broad SMARTS) is 1. The van der Waals surface area contributed by atoms with Gasteiger partial charge in [0.2, 0.25) is 5.91 Å². The van der Waals surface area contributed by atoms with Crippen LogP contribution in [0.15, 0.2) is 24.3 Å².